The number of carbonyl (C=O) groups is 1. The van der Waals surface area contributed by atoms with E-state index >= 15 is 0 Å². The molecule has 1 N–H and O–H groups in total. The van der Waals surface area contributed by atoms with E-state index in [-0.39, 0.29) is 5.91 Å². The Hall–Kier alpha value is -1.64. The number of amides is 1. The van der Waals surface area contributed by atoms with E-state index in [9.17, 15) is 4.79 Å². The van der Waals surface area contributed by atoms with Crippen molar-refractivity contribution in [1.29, 1.82) is 0 Å². The molecule has 0 saturated carbocycles. The van der Waals surface area contributed by atoms with E-state index in [0.29, 0.717) is 6.42 Å². The van der Waals surface area contributed by atoms with Gasteiger partial charge in [-0.05, 0) is 24.8 Å². The molecule has 3 heteroatoms. The summed E-state index contributed by atoms with van der Waals surface area (Å²) in [5, 5.41) is 4.35. The Kier molecular flexibility index (Phi) is 9.18. The van der Waals surface area contributed by atoms with Crippen molar-refractivity contribution in [3.63, 3.8) is 0 Å². The van der Waals surface area contributed by atoms with Crippen molar-refractivity contribution in [2.75, 3.05) is 0 Å². The Balaban J connectivity index is 2.52. The molecule has 1 amide bonds. The molecule has 0 aliphatic rings. The Morgan fingerprint density at radius 2 is 1.67 bits per heavy atom. The molecule has 0 radical (unpaired) electrons. The van der Waals surface area contributed by atoms with Gasteiger partial charge in [0.25, 0.3) is 0 Å². The molecule has 0 atom stereocenters. The molecular weight excluding hydrogens is 260 g/mol. The third kappa shape index (κ3) is 7.64. The fourth-order valence-corrected chi connectivity index (χ4v) is 2.14. The molecule has 0 spiro atoms. The van der Waals surface area contributed by atoms with Crippen LogP contribution in [0.4, 0.5) is 0 Å². The third-order valence-corrected chi connectivity index (χ3v) is 3.45. The average Bonchev–Trinajstić information content (AvgIpc) is 2.52. The maximum absolute atomic E-state index is 11.8. The van der Waals surface area contributed by atoms with Crippen molar-refractivity contribution in [1.82, 2.24) is 5.43 Å². The zero-order valence-electron chi connectivity index (χ0n) is 13.4. The minimum atomic E-state index is 0.0241. The summed E-state index contributed by atoms with van der Waals surface area (Å²) < 4.78 is 0. The smallest absolute Gasteiger partial charge is 0.240 e. The highest BCUT2D eigenvalue weighted by Crippen LogP contribution is 2.08. The molecule has 0 aliphatic heterocycles. The highest BCUT2D eigenvalue weighted by Gasteiger charge is 2.05. The summed E-state index contributed by atoms with van der Waals surface area (Å²) in [7, 11) is 0. The van der Waals surface area contributed by atoms with Crippen molar-refractivity contribution in [2.24, 2.45) is 5.10 Å². The molecular formula is C18H28N2O. The number of hydrogen-bond acceptors (Lipinski definition) is 2. The molecule has 1 rings (SSSR count). The van der Waals surface area contributed by atoms with Crippen LogP contribution in [0, 0.1) is 0 Å². The van der Waals surface area contributed by atoms with Crippen molar-refractivity contribution in [3.05, 3.63) is 35.9 Å². The maximum atomic E-state index is 11.8. The van der Waals surface area contributed by atoms with Crippen molar-refractivity contribution in [2.45, 2.75) is 65.2 Å². The number of hydrazone groups is 1. The number of rotatable bonds is 10. The standard InChI is InChI=1S/C18H28N2O/c1-3-5-7-11-15-18(21)20-19-17(14-6-4-2)16-12-9-8-10-13-16/h8-10,12-13H,3-7,11,14-15H2,1-2H3,(H,20,21). The fourth-order valence-electron chi connectivity index (χ4n) is 2.14. The van der Waals surface area contributed by atoms with Gasteiger partial charge in [-0.15, -0.1) is 0 Å². The van der Waals surface area contributed by atoms with Gasteiger partial charge in [0, 0.05) is 6.42 Å². The second-order valence-corrected chi connectivity index (χ2v) is 5.37. The predicted molar refractivity (Wildman–Crippen MR) is 89.4 cm³/mol. The number of nitrogens with zero attached hydrogens (tertiary/aromatic N) is 1. The Morgan fingerprint density at radius 3 is 2.33 bits per heavy atom. The first kappa shape index (κ1) is 17.4. The molecule has 0 fully saturated rings. The molecule has 0 bridgehead atoms. The molecule has 0 aromatic heterocycles. The third-order valence-electron chi connectivity index (χ3n) is 3.45. The van der Waals surface area contributed by atoms with E-state index < -0.39 is 0 Å². The molecule has 0 aliphatic carbocycles. The summed E-state index contributed by atoms with van der Waals surface area (Å²) >= 11 is 0. The lowest BCUT2D eigenvalue weighted by Gasteiger charge is -2.07. The molecule has 116 valence electrons. The van der Waals surface area contributed by atoms with Gasteiger partial charge >= 0.3 is 0 Å². The summed E-state index contributed by atoms with van der Waals surface area (Å²) in [6, 6.07) is 10.1. The van der Waals surface area contributed by atoms with Crippen LogP contribution in [0.1, 0.15) is 70.8 Å². The lowest BCUT2D eigenvalue weighted by atomic mass is 10.1. The lowest BCUT2D eigenvalue weighted by molar-refractivity contribution is -0.121. The monoisotopic (exact) mass is 288 g/mol. The van der Waals surface area contributed by atoms with Crippen LogP contribution in [-0.4, -0.2) is 11.6 Å². The fraction of sp³-hybridized carbons (Fsp3) is 0.556. The molecule has 3 nitrogen and oxygen atoms in total. The van der Waals surface area contributed by atoms with Gasteiger partial charge in [-0.2, -0.15) is 5.10 Å². The second kappa shape index (κ2) is 11.1. The van der Waals surface area contributed by atoms with Gasteiger partial charge < -0.3 is 0 Å². The highest BCUT2D eigenvalue weighted by atomic mass is 16.2. The first-order valence-corrected chi connectivity index (χ1v) is 8.18. The molecule has 1 aromatic carbocycles. The van der Waals surface area contributed by atoms with Crippen LogP contribution in [0.2, 0.25) is 0 Å². The van der Waals surface area contributed by atoms with Gasteiger partial charge in [-0.3, -0.25) is 4.79 Å². The average molecular weight is 288 g/mol. The summed E-state index contributed by atoms with van der Waals surface area (Å²) in [4.78, 5) is 11.8. The van der Waals surface area contributed by atoms with Crippen LogP contribution in [0.25, 0.3) is 0 Å². The van der Waals surface area contributed by atoms with Crippen molar-refractivity contribution in [3.8, 4) is 0 Å². The van der Waals surface area contributed by atoms with Crippen LogP contribution in [0.3, 0.4) is 0 Å². The molecule has 0 unspecified atom stereocenters. The Bertz CT molecular complexity index is 426. The number of hydrogen-bond donors (Lipinski definition) is 1. The molecule has 0 heterocycles. The van der Waals surface area contributed by atoms with Gasteiger partial charge in [0.05, 0.1) is 5.71 Å². The van der Waals surface area contributed by atoms with Gasteiger partial charge in [0.2, 0.25) is 5.91 Å². The Labute approximate surface area is 128 Å². The summed E-state index contributed by atoms with van der Waals surface area (Å²) in [6.07, 6.45) is 8.13. The van der Waals surface area contributed by atoms with Gasteiger partial charge in [0.15, 0.2) is 0 Å². The molecule has 0 saturated heterocycles. The van der Waals surface area contributed by atoms with E-state index in [4.69, 9.17) is 0 Å². The van der Waals surface area contributed by atoms with Crippen LogP contribution < -0.4 is 5.43 Å². The van der Waals surface area contributed by atoms with Crippen LogP contribution >= 0.6 is 0 Å². The first-order chi connectivity index (χ1) is 10.3. The zero-order valence-corrected chi connectivity index (χ0v) is 13.4. The van der Waals surface area contributed by atoms with E-state index in [0.717, 1.165) is 43.4 Å². The van der Waals surface area contributed by atoms with E-state index in [2.05, 4.69) is 24.4 Å². The number of benzene rings is 1. The minimum absolute atomic E-state index is 0.0241. The molecule has 1 aromatic rings. The minimum Gasteiger partial charge on any atom is -0.273 e. The zero-order chi connectivity index (χ0) is 15.3. The van der Waals surface area contributed by atoms with Crippen LogP contribution in [-0.2, 0) is 4.79 Å². The highest BCUT2D eigenvalue weighted by molar-refractivity contribution is 6.01. The van der Waals surface area contributed by atoms with Crippen LogP contribution in [0.15, 0.2) is 35.4 Å². The van der Waals surface area contributed by atoms with E-state index in [1.165, 1.54) is 12.8 Å². The second-order valence-electron chi connectivity index (χ2n) is 5.37. The van der Waals surface area contributed by atoms with Gasteiger partial charge in [-0.1, -0.05) is 69.9 Å². The number of nitrogens with one attached hydrogen (secondary N) is 1. The van der Waals surface area contributed by atoms with Crippen molar-refractivity contribution >= 4 is 11.6 Å². The number of unbranched alkanes of at least 4 members (excludes halogenated alkanes) is 4. The largest absolute Gasteiger partial charge is 0.273 e. The van der Waals surface area contributed by atoms with Gasteiger partial charge in [-0.25, -0.2) is 5.43 Å². The Morgan fingerprint density at radius 1 is 0.952 bits per heavy atom. The molecule has 21 heavy (non-hydrogen) atoms. The summed E-state index contributed by atoms with van der Waals surface area (Å²) in [6.45, 7) is 4.33. The topological polar surface area (TPSA) is 41.5 Å². The SMILES string of the molecule is CCCCCCC(=O)NN=C(CCCC)c1ccccc1. The lowest BCUT2D eigenvalue weighted by Crippen LogP contribution is -2.19. The quantitative estimate of drug-likeness (QED) is 0.379. The van der Waals surface area contributed by atoms with E-state index in [1.807, 2.05) is 30.3 Å². The normalized spacial score (nSPS) is 11.4. The maximum Gasteiger partial charge on any atom is 0.240 e. The predicted octanol–water partition coefficient (Wildman–Crippen LogP) is 4.67. The van der Waals surface area contributed by atoms with Gasteiger partial charge in [0.1, 0.15) is 0 Å². The van der Waals surface area contributed by atoms with E-state index in [1.54, 1.807) is 0 Å². The van der Waals surface area contributed by atoms with Crippen LogP contribution in [0.5, 0.6) is 0 Å². The summed E-state index contributed by atoms with van der Waals surface area (Å²) in [5.41, 5.74) is 4.78. The first-order valence-electron chi connectivity index (χ1n) is 8.18. The number of carbonyl (C=O) groups excluding carboxylic acids is 1. The summed E-state index contributed by atoms with van der Waals surface area (Å²) in [5.74, 6) is 0.0241. The van der Waals surface area contributed by atoms with Crippen molar-refractivity contribution < 1.29 is 4.79 Å².